The average molecular weight is 578 g/mol. The molecule has 4 N–H and O–H groups in total. The third-order valence-corrected chi connectivity index (χ3v) is 7.37. The molecule has 1 aliphatic heterocycles. The molecule has 2 atom stereocenters. The number of alkyl halides is 3. The van der Waals surface area contributed by atoms with Crippen molar-refractivity contribution in [2.24, 2.45) is 0 Å². The summed E-state index contributed by atoms with van der Waals surface area (Å²) < 4.78 is 68.6. The van der Waals surface area contributed by atoms with Crippen LogP contribution in [0.4, 0.5) is 17.6 Å². The number of nitrogens with zero attached hydrogens (tertiary/aromatic N) is 1. The molecule has 1 saturated heterocycles. The van der Waals surface area contributed by atoms with Crippen molar-refractivity contribution >= 4 is 5.91 Å². The van der Waals surface area contributed by atoms with Gasteiger partial charge in [-0.15, -0.1) is 0 Å². The van der Waals surface area contributed by atoms with E-state index in [1.165, 1.54) is 55.6 Å². The van der Waals surface area contributed by atoms with Crippen LogP contribution < -0.4 is 20.1 Å². The van der Waals surface area contributed by atoms with Gasteiger partial charge in [-0.3, -0.25) is 9.78 Å². The molecule has 0 saturated carbocycles. The van der Waals surface area contributed by atoms with E-state index >= 15 is 0 Å². The summed E-state index contributed by atoms with van der Waals surface area (Å²) in [6, 6.07) is 12.2. The highest BCUT2D eigenvalue weighted by molar-refractivity contribution is 5.95. The van der Waals surface area contributed by atoms with Crippen molar-refractivity contribution in [2.45, 2.75) is 30.5 Å². The molecule has 1 aromatic heterocycles. The first-order chi connectivity index (χ1) is 19.5. The number of hydrogen-bond acceptors (Lipinski definition) is 7. The third kappa shape index (κ3) is 6.14. The number of aliphatic hydroxyl groups excluding tert-OH is 2. The van der Waals surface area contributed by atoms with E-state index in [2.05, 4.69) is 15.6 Å². The Kier molecular flexibility index (Phi) is 8.86. The lowest BCUT2D eigenvalue weighted by molar-refractivity contribution is -0.200. The first kappa shape index (κ1) is 30.2. The average Bonchev–Trinajstić information content (AvgIpc) is 2.94. The van der Waals surface area contributed by atoms with E-state index in [1.807, 2.05) is 6.92 Å². The van der Waals surface area contributed by atoms with Gasteiger partial charge in [0, 0.05) is 23.2 Å². The number of carbonyl (C=O) groups excluding carboxylic acids is 1. The molecule has 0 aliphatic carbocycles. The number of halogens is 4. The van der Waals surface area contributed by atoms with Crippen molar-refractivity contribution in [3.63, 3.8) is 0 Å². The lowest BCUT2D eigenvalue weighted by Crippen LogP contribution is -2.55. The number of rotatable bonds is 11. The van der Waals surface area contributed by atoms with Gasteiger partial charge in [0.15, 0.2) is 11.5 Å². The molecule has 1 unspecified atom stereocenters. The SMILES string of the molecule is COc1cc(C(=O)NCC(CO)(c2cc([C@]3(C)CCN3)cc(-c3ccc(F)cc3)n2)C(F)(F)F)ccc1OCCO. The van der Waals surface area contributed by atoms with Gasteiger partial charge in [0.1, 0.15) is 17.8 Å². The van der Waals surface area contributed by atoms with Gasteiger partial charge in [0.25, 0.3) is 5.91 Å². The summed E-state index contributed by atoms with van der Waals surface area (Å²) in [7, 11) is 1.33. The van der Waals surface area contributed by atoms with Gasteiger partial charge < -0.3 is 30.3 Å². The smallest absolute Gasteiger partial charge is 0.403 e. The van der Waals surface area contributed by atoms with Crippen molar-refractivity contribution in [2.75, 3.05) is 40.0 Å². The number of benzene rings is 2. The largest absolute Gasteiger partial charge is 0.493 e. The molecule has 3 aromatic rings. The molecule has 220 valence electrons. The molecule has 0 bridgehead atoms. The number of aromatic nitrogens is 1. The minimum atomic E-state index is -5.02. The number of carbonyl (C=O) groups is 1. The summed E-state index contributed by atoms with van der Waals surface area (Å²) >= 11 is 0. The summed E-state index contributed by atoms with van der Waals surface area (Å²) in [6.07, 6.45) is -4.36. The summed E-state index contributed by atoms with van der Waals surface area (Å²) in [5, 5.41) is 24.8. The molecule has 2 heterocycles. The Balaban J connectivity index is 1.73. The molecular formula is C29H31F4N3O5. The van der Waals surface area contributed by atoms with Crippen molar-refractivity contribution in [1.82, 2.24) is 15.6 Å². The molecule has 4 rings (SSSR count). The second-order valence-corrected chi connectivity index (χ2v) is 10.0. The topological polar surface area (TPSA) is 113 Å². The van der Waals surface area contributed by atoms with Crippen molar-refractivity contribution in [3.8, 4) is 22.8 Å². The van der Waals surface area contributed by atoms with E-state index in [4.69, 9.17) is 14.6 Å². The summed E-state index contributed by atoms with van der Waals surface area (Å²) in [4.78, 5) is 17.3. The van der Waals surface area contributed by atoms with E-state index < -0.39 is 47.7 Å². The summed E-state index contributed by atoms with van der Waals surface area (Å²) in [5.74, 6) is -0.966. The lowest BCUT2D eigenvalue weighted by Gasteiger charge is -2.42. The minimum absolute atomic E-state index is 0.00731. The van der Waals surface area contributed by atoms with Gasteiger partial charge in [0.2, 0.25) is 0 Å². The van der Waals surface area contributed by atoms with E-state index in [0.717, 1.165) is 0 Å². The molecule has 12 heteroatoms. The Morgan fingerprint density at radius 2 is 1.80 bits per heavy atom. The fourth-order valence-corrected chi connectivity index (χ4v) is 4.59. The Hall–Kier alpha value is -3.74. The Morgan fingerprint density at radius 1 is 1.10 bits per heavy atom. The molecule has 0 radical (unpaired) electrons. The van der Waals surface area contributed by atoms with Crippen LogP contribution in [0.3, 0.4) is 0 Å². The maximum atomic E-state index is 14.8. The van der Waals surface area contributed by atoms with Gasteiger partial charge in [-0.2, -0.15) is 13.2 Å². The highest BCUT2D eigenvalue weighted by atomic mass is 19.4. The molecule has 1 amide bonds. The number of aliphatic hydroxyl groups is 2. The van der Waals surface area contributed by atoms with Crippen LogP contribution in [0.5, 0.6) is 11.5 Å². The van der Waals surface area contributed by atoms with Gasteiger partial charge >= 0.3 is 6.18 Å². The molecule has 41 heavy (non-hydrogen) atoms. The normalized spacial score (nSPS) is 18.2. The van der Waals surface area contributed by atoms with E-state index in [-0.39, 0.29) is 36.0 Å². The fraction of sp³-hybridized carbons (Fsp3) is 0.379. The molecule has 0 spiro atoms. The second kappa shape index (κ2) is 12.0. The van der Waals surface area contributed by atoms with Crippen LogP contribution in [-0.4, -0.2) is 67.3 Å². The second-order valence-electron chi connectivity index (χ2n) is 10.0. The molecule has 8 nitrogen and oxygen atoms in total. The zero-order valence-electron chi connectivity index (χ0n) is 22.5. The van der Waals surface area contributed by atoms with Crippen molar-refractivity contribution in [3.05, 3.63) is 77.2 Å². The van der Waals surface area contributed by atoms with Crippen LogP contribution in [0.15, 0.2) is 54.6 Å². The summed E-state index contributed by atoms with van der Waals surface area (Å²) in [5.41, 5.74) is -2.99. The highest BCUT2D eigenvalue weighted by Gasteiger charge is 2.57. The standard InChI is InChI=1S/C29H31F4N3O5/c1-27(9-10-35-27)20-14-22(18-3-6-21(30)7-4-18)36-25(15-20)28(17-38,29(31,32)33)16-34-26(39)19-5-8-23(41-12-11-37)24(13-19)40-2/h3-8,13-15,35,37-38H,9-12,16-17H2,1-2H3,(H,34,39)/t27-,28?/m0/s1. The maximum absolute atomic E-state index is 14.8. The number of hydrogen-bond donors (Lipinski definition) is 4. The number of amides is 1. The van der Waals surface area contributed by atoms with E-state index in [1.54, 1.807) is 6.07 Å². The van der Waals surface area contributed by atoms with Crippen LogP contribution in [0.2, 0.25) is 0 Å². The zero-order valence-corrected chi connectivity index (χ0v) is 22.5. The van der Waals surface area contributed by atoms with Crippen LogP contribution in [0, 0.1) is 5.82 Å². The highest BCUT2D eigenvalue weighted by Crippen LogP contribution is 2.43. The number of ether oxygens (including phenoxy) is 2. The van der Waals surface area contributed by atoms with Crippen LogP contribution >= 0.6 is 0 Å². The van der Waals surface area contributed by atoms with Crippen LogP contribution in [0.25, 0.3) is 11.3 Å². The van der Waals surface area contributed by atoms with Crippen LogP contribution in [-0.2, 0) is 11.0 Å². The molecule has 1 aliphatic rings. The first-order valence-electron chi connectivity index (χ1n) is 12.9. The Bertz CT molecular complexity index is 1380. The molecule has 2 aromatic carbocycles. The van der Waals surface area contributed by atoms with Crippen molar-refractivity contribution in [1.29, 1.82) is 0 Å². The van der Waals surface area contributed by atoms with Gasteiger partial charge in [0.05, 0.1) is 31.7 Å². The third-order valence-electron chi connectivity index (χ3n) is 7.37. The predicted molar refractivity (Wildman–Crippen MR) is 142 cm³/mol. The van der Waals surface area contributed by atoms with Gasteiger partial charge in [-0.1, -0.05) is 0 Å². The minimum Gasteiger partial charge on any atom is -0.493 e. The van der Waals surface area contributed by atoms with Crippen molar-refractivity contribution < 1.29 is 42.0 Å². The molecule has 1 fully saturated rings. The number of methoxy groups -OCH3 is 1. The van der Waals surface area contributed by atoms with Gasteiger partial charge in [-0.05, 0) is 80.1 Å². The number of nitrogens with one attached hydrogen (secondary N) is 2. The monoisotopic (exact) mass is 577 g/mol. The lowest BCUT2D eigenvalue weighted by atomic mass is 9.78. The van der Waals surface area contributed by atoms with Gasteiger partial charge in [-0.25, -0.2) is 4.39 Å². The maximum Gasteiger partial charge on any atom is 0.403 e. The Morgan fingerprint density at radius 3 is 2.37 bits per heavy atom. The predicted octanol–water partition coefficient (Wildman–Crippen LogP) is 3.70. The first-order valence-corrected chi connectivity index (χ1v) is 12.9. The fourth-order valence-electron chi connectivity index (χ4n) is 4.59. The van der Waals surface area contributed by atoms with E-state index in [0.29, 0.717) is 24.1 Å². The van der Waals surface area contributed by atoms with Crippen LogP contribution in [0.1, 0.15) is 35.0 Å². The quantitative estimate of drug-likeness (QED) is 0.257. The number of pyridine rings is 1. The Labute approximate surface area is 234 Å². The summed E-state index contributed by atoms with van der Waals surface area (Å²) in [6.45, 7) is -0.153. The van der Waals surface area contributed by atoms with E-state index in [9.17, 15) is 27.5 Å². The zero-order chi connectivity index (χ0) is 29.8. The molecular weight excluding hydrogens is 546 g/mol.